The molecule has 0 aromatic heterocycles. The lowest BCUT2D eigenvalue weighted by Crippen LogP contribution is -2.52. The van der Waals surface area contributed by atoms with Gasteiger partial charge in [-0.3, -0.25) is 0 Å². The van der Waals surface area contributed by atoms with Gasteiger partial charge in [0.05, 0.1) is 11.6 Å². The number of esters is 1. The summed E-state index contributed by atoms with van der Waals surface area (Å²) in [6, 6.07) is 3.53. The summed E-state index contributed by atoms with van der Waals surface area (Å²) in [5.41, 5.74) is 1.15. The number of phenolic OH excluding ortho intramolecular Hbond substituents is 1. The van der Waals surface area contributed by atoms with Crippen LogP contribution in [-0.4, -0.2) is 32.6 Å². The van der Waals surface area contributed by atoms with Crippen molar-refractivity contribution in [2.45, 2.75) is 64.2 Å². The van der Waals surface area contributed by atoms with E-state index in [1.165, 1.54) is 13.2 Å². The molecule has 1 aromatic carbocycles. The van der Waals surface area contributed by atoms with Gasteiger partial charge in [0.25, 0.3) is 8.32 Å². The van der Waals surface area contributed by atoms with Crippen LogP contribution in [0.2, 0.25) is 16.6 Å². The van der Waals surface area contributed by atoms with Crippen LogP contribution in [0.1, 0.15) is 53.1 Å². The van der Waals surface area contributed by atoms with E-state index in [-0.39, 0.29) is 22.4 Å². The first-order valence-corrected chi connectivity index (χ1v) is 12.0. The topological polar surface area (TPSA) is 84.9 Å². The normalized spacial score (nSPS) is 13.0. The molecule has 0 unspecified atom stereocenters. The summed E-state index contributed by atoms with van der Waals surface area (Å²) in [4.78, 5) is 25.0. The van der Waals surface area contributed by atoms with Crippen molar-refractivity contribution < 1.29 is 23.9 Å². The van der Waals surface area contributed by atoms with E-state index in [9.17, 15) is 14.7 Å². The van der Waals surface area contributed by atoms with Gasteiger partial charge in [-0.05, 0) is 50.2 Å². The average Bonchev–Trinajstić information content (AvgIpc) is 2.58. The third-order valence-corrected chi connectivity index (χ3v) is 11.6. The van der Waals surface area contributed by atoms with Gasteiger partial charge < -0.3 is 19.6 Å². The number of phenols is 1. The van der Waals surface area contributed by atoms with Crippen LogP contribution in [0.15, 0.2) is 22.7 Å². The molecule has 0 saturated heterocycles. The third-order valence-electron chi connectivity index (χ3n) is 4.98. The van der Waals surface area contributed by atoms with Crippen LogP contribution in [0, 0.1) is 0 Å². The number of carbonyl (C=O) groups is 2. The van der Waals surface area contributed by atoms with Crippen LogP contribution in [-0.2, 0) is 14.0 Å². The van der Waals surface area contributed by atoms with Gasteiger partial charge in [-0.1, -0.05) is 47.6 Å². The Morgan fingerprint density at radius 3 is 2.00 bits per heavy atom. The second-order valence-corrected chi connectivity index (χ2v) is 13.7. The quantitative estimate of drug-likeness (QED) is 0.428. The van der Waals surface area contributed by atoms with Crippen molar-refractivity contribution in [3.05, 3.63) is 28.2 Å². The zero-order valence-corrected chi connectivity index (χ0v) is 19.6. The summed E-state index contributed by atoms with van der Waals surface area (Å²) in [5.74, 6) is -0.578. The van der Waals surface area contributed by atoms with Gasteiger partial charge >= 0.3 is 12.1 Å². The van der Waals surface area contributed by atoms with Gasteiger partial charge in [0.2, 0.25) is 0 Å². The molecular formula is C19H30BrNO5Si. The fraction of sp³-hybridized carbons (Fsp3) is 0.579. The van der Waals surface area contributed by atoms with Crippen LogP contribution < -0.4 is 5.32 Å². The van der Waals surface area contributed by atoms with Gasteiger partial charge in [0, 0.05) is 0 Å². The molecule has 0 aliphatic carbocycles. The lowest BCUT2D eigenvalue weighted by Gasteiger charge is -2.41. The summed E-state index contributed by atoms with van der Waals surface area (Å²) >= 11 is 3.22. The molecule has 0 bridgehead atoms. The molecule has 0 spiro atoms. The van der Waals surface area contributed by atoms with E-state index in [0.717, 1.165) is 0 Å². The highest BCUT2D eigenvalue weighted by molar-refractivity contribution is 9.10. The van der Waals surface area contributed by atoms with E-state index in [2.05, 4.69) is 62.8 Å². The van der Waals surface area contributed by atoms with E-state index >= 15 is 0 Å². The molecule has 1 rings (SSSR count). The highest BCUT2D eigenvalue weighted by Crippen LogP contribution is 2.42. The Bertz CT molecular complexity index is 656. The summed E-state index contributed by atoms with van der Waals surface area (Å²) in [7, 11) is -1.18. The number of nitrogens with one attached hydrogen (secondary N) is 1. The van der Waals surface area contributed by atoms with Crippen LogP contribution >= 0.6 is 15.9 Å². The Morgan fingerprint density at radius 1 is 1.07 bits per heavy atom. The van der Waals surface area contributed by atoms with Crippen molar-refractivity contribution in [1.82, 2.24) is 5.32 Å². The molecule has 1 atom stereocenters. The van der Waals surface area contributed by atoms with E-state index in [1.54, 1.807) is 12.1 Å². The molecule has 1 aromatic rings. The maximum absolute atomic E-state index is 12.8. The molecule has 0 aliphatic heterocycles. The smallest absolute Gasteiger partial charge is 0.394 e. The number of hydrogen-bond donors (Lipinski definition) is 2. The summed E-state index contributed by atoms with van der Waals surface area (Å²) in [5, 5.41) is 12.3. The van der Waals surface area contributed by atoms with Crippen molar-refractivity contribution in [3.63, 3.8) is 0 Å². The van der Waals surface area contributed by atoms with Crippen LogP contribution in [0.25, 0.3) is 0 Å². The molecule has 0 radical (unpaired) electrons. The molecule has 1 amide bonds. The van der Waals surface area contributed by atoms with Gasteiger partial charge in [0.15, 0.2) is 6.04 Å². The number of methoxy groups -OCH3 is 1. The molecule has 8 heteroatoms. The second-order valence-electron chi connectivity index (χ2n) is 7.52. The standard InChI is InChI=1S/C19H30BrNO5Si/c1-11(2)27(12(3)4,13(5)6)26-19(24)21-17(18(23)25-7)14-8-9-16(22)15(20)10-14/h8-13,17,22H,1-7H3,(H,21,24)/t17-/m0/s1. The van der Waals surface area contributed by atoms with Crippen LogP contribution in [0.3, 0.4) is 0 Å². The van der Waals surface area contributed by atoms with Crippen molar-refractivity contribution in [3.8, 4) is 5.75 Å². The molecule has 0 saturated carbocycles. The second kappa shape index (κ2) is 9.59. The first kappa shape index (κ1) is 23.5. The monoisotopic (exact) mass is 459 g/mol. The zero-order chi connectivity index (χ0) is 20.9. The van der Waals surface area contributed by atoms with Crippen LogP contribution in [0.4, 0.5) is 4.79 Å². The van der Waals surface area contributed by atoms with E-state index < -0.39 is 26.4 Å². The highest BCUT2D eigenvalue weighted by atomic mass is 79.9. The molecule has 0 heterocycles. The Hall–Kier alpha value is -1.54. The molecule has 6 nitrogen and oxygen atoms in total. The van der Waals surface area contributed by atoms with E-state index in [1.807, 2.05) is 0 Å². The third kappa shape index (κ3) is 5.25. The molecule has 152 valence electrons. The van der Waals surface area contributed by atoms with Gasteiger partial charge in [-0.2, -0.15) is 0 Å². The minimum Gasteiger partial charge on any atom is -0.507 e. The zero-order valence-electron chi connectivity index (χ0n) is 17.0. The van der Waals surface area contributed by atoms with Gasteiger partial charge in [-0.25, -0.2) is 9.59 Å². The Kier molecular flexibility index (Phi) is 8.35. The minimum absolute atomic E-state index is 0.0378. The maximum atomic E-state index is 12.8. The van der Waals surface area contributed by atoms with Crippen LogP contribution in [0.5, 0.6) is 5.75 Å². The first-order valence-electron chi connectivity index (χ1n) is 9.03. The van der Waals surface area contributed by atoms with E-state index in [0.29, 0.717) is 10.0 Å². The first-order chi connectivity index (χ1) is 12.5. The maximum Gasteiger partial charge on any atom is 0.394 e. The number of hydrogen-bond acceptors (Lipinski definition) is 5. The van der Waals surface area contributed by atoms with Crippen molar-refractivity contribution in [1.29, 1.82) is 0 Å². The summed E-state index contributed by atoms with van der Waals surface area (Å²) in [6.45, 7) is 12.5. The number of amides is 1. The molecular weight excluding hydrogens is 430 g/mol. The number of benzene rings is 1. The largest absolute Gasteiger partial charge is 0.507 e. The average molecular weight is 460 g/mol. The van der Waals surface area contributed by atoms with Crippen molar-refractivity contribution in [2.24, 2.45) is 0 Å². The number of halogens is 1. The number of rotatable bonds is 7. The molecule has 27 heavy (non-hydrogen) atoms. The molecule has 0 aliphatic rings. The number of carbonyl (C=O) groups excluding carboxylic acids is 2. The Labute approximate surface area is 170 Å². The number of aromatic hydroxyl groups is 1. The van der Waals surface area contributed by atoms with Crippen molar-refractivity contribution >= 4 is 36.3 Å². The summed E-state index contributed by atoms with van der Waals surface area (Å²) in [6.07, 6.45) is -0.627. The summed E-state index contributed by atoms with van der Waals surface area (Å²) < 4.78 is 11.3. The predicted octanol–water partition coefficient (Wildman–Crippen LogP) is 5.27. The SMILES string of the molecule is COC(=O)[C@@H](NC(=O)O[Si](C(C)C)(C(C)C)C(C)C)c1ccc(O)c(Br)c1. The van der Waals surface area contributed by atoms with Crippen molar-refractivity contribution in [2.75, 3.05) is 7.11 Å². The van der Waals surface area contributed by atoms with Gasteiger partial charge in [0.1, 0.15) is 5.75 Å². The van der Waals surface area contributed by atoms with Gasteiger partial charge in [-0.15, -0.1) is 0 Å². The van der Waals surface area contributed by atoms with E-state index in [4.69, 9.17) is 9.16 Å². The Balaban J connectivity index is 3.16. The minimum atomic E-state index is -2.44. The predicted molar refractivity (Wildman–Crippen MR) is 111 cm³/mol. The highest BCUT2D eigenvalue weighted by Gasteiger charge is 2.48. The lowest BCUT2D eigenvalue weighted by molar-refractivity contribution is -0.143. The molecule has 2 N–H and O–H groups in total. The Morgan fingerprint density at radius 2 is 1.59 bits per heavy atom. The fourth-order valence-corrected chi connectivity index (χ4v) is 9.24. The molecule has 0 fully saturated rings. The lowest BCUT2D eigenvalue weighted by atomic mass is 10.1. The number of ether oxygens (including phenoxy) is 1. The fourth-order valence-electron chi connectivity index (χ4n) is 3.76.